The van der Waals surface area contributed by atoms with Gasteiger partial charge in [-0.2, -0.15) is 0 Å². The molecule has 1 radical (unpaired) electrons. The van der Waals surface area contributed by atoms with Crippen molar-refractivity contribution in [2.24, 2.45) is 0 Å². The number of hydrogen-bond donors (Lipinski definition) is 0. The SMILES string of the molecule is C[C]1CCCCOC1. The highest BCUT2D eigenvalue weighted by molar-refractivity contribution is 4.84. The first kappa shape index (κ1) is 6.09. The molecule has 1 aliphatic rings. The van der Waals surface area contributed by atoms with Crippen LogP contribution in [0.3, 0.4) is 0 Å². The zero-order chi connectivity index (χ0) is 5.82. The molecule has 8 heavy (non-hydrogen) atoms. The second-order valence-corrected chi connectivity index (χ2v) is 2.47. The molecule has 1 saturated heterocycles. The molecule has 0 N–H and O–H groups in total. The highest BCUT2D eigenvalue weighted by Gasteiger charge is 2.05. The van der Waals surface area contributed by atoms with E-state index in [-0.39, 0.29) is 0 Å². The summed E-state index contributed by atoms with van der Waals surface area (Å²) in [6.45, 7) is 4.04. The summed E-state index contributed by atoms with van der Waals surface area (Å²) >= 11 is 0. The summed E-state index contributed by atoms with van der Waals surface area (Å²) in [7, 11) is 0. The van der Waals surface area contributed by atoms with E-state index in [1.54, 1.807) is 0 Å². The van der Waals surface area contributed by atoms with Crippen LogP contribution in [-0.2, 0) is 4.74 Å². The molecular weight excluding hydrogens is 100 g/mol. The lowest BCUT2D eigenvalue weighted by molar-refractivity contribution is 0.153. The Morgan fingerprint density at radius 3 is 3.12 bits per heavy atom. The summed E-state index contributed by atoms with van der Waals surface area (Å²) in [6, 6.07) is 0. The van der Waals surface area contributed by atoms with Gasteiger partial charge in [-0.3, -0.25) is 0 Å². The van der Waals surface area contributed by atoms with Gasteiger partial charge in [-0.05, 0) is 18.8 Å². The van der Waals surface area contributed by atoms with Crippen molar-refractivity contribution in [2.75, 3.05) is 13.2 Å². The van der Waals surface area contributed by atoms with Crippen LogP contribution in [0.4, 0.5) is 0 Å². The molecule has 1 aliphatic heterocycles. The van der Waals surface area contributed by atoms with Gasteiger partial charge in [0.1, 0.15) is 0 Å². The molecule has 0 amide bonds. The lowest BCUT2D eigenvalue weighted by atomic mass is 10.1. The van der Waals surface area contributed by atoms with Crippen LogP contribution in [0.25, 0.3) is 0 Å². The molecule has 0 aromatic rings. The van der Waals surface area contributed by atoms with E-state index in [1.807, 2.05) is 0 Å². The zero-order valence-electron chi connectivity index (χ0n) is 5.44. The van der Waals surface area contributed by atoms with Crippen molar-refractivity contribution in [3.8, 4) is 0 Å². The van der Waals surface area contributed by atoms with Crippen molar-refractivity contribution in [3.63, 3.8) is 0 Å². The summed E-state index contributed by atoms with van der Waals surface area (Å²) < 4.78 is 5.27. The molecule has 0 bridgehead atoms. The Bertz CT molecular complexity index is 53.4. The third-order valence-corrected chi connectivity index (χ3v) is 1.49. The third-order valence-electron chi connectivity index (χ3n) is 1.49. The summed E-state index contributed by atoms with van der Waals surface area (Å²) in [6.07, 6.45) is 3.85. The summed E-state index contributed by atoms with van der Waals surface area (Å²) in [5.41, 5.74) is 0. The molecule has 0 atom stereocenters. The van der Waals surface area contributed by atoms with Gasteiger partial charge in [0.15, 0.2) is 0 Å². The van der Waals surface area contributed by atoms with Crippen molar-refractivity contribution < 1.29 is 4.74 Å². The van der Waals surface area contributed by atoms with E-state index < -0.39 is 0 Å². The van der Waals surface area contributed by atoms with Crippen LogP contribution in [0.5, 0.6) is 0 Å². The highest BCUT2D eigenvalue weighted by atomic mass is 16.5. The average Bonchev–Trinajstić information content (AvgIpc) is 1.94. The summed E-state index contributed by atoms with van der Waals surface area (Å²) in [5, 5.41) is 0. The van der Waals surface area contributed by atoms with Gasteiger partial charge in [-0.15, -0.1) is 0 Å². The molecule has 0 aromatic carbocycles. The fourth-order valence-corrected chi connectivity index (χ4v) is 0.949. The van der Waals surface area contributed by atoms with Crippen LogP contribution in [0, 0.1) is 5.92 Å². The normalized spacial score (nSPS) is 25.1. The Hall–Kier alpha value is -0.0400. The van der Waals surface area contributed by atoms with Crippen LogP contribution in [0.2, 0.25) is 0 Å². The summed E-state index contributed by atoms with van der Waals surface area (Å²) in [5.74, 6) is 1.50. The molecule has 0 saturated carbocycles. The van der Waals surface area contributed by atoms with Crippen molar-refractivity contribution >= 4 is 0 Å². The lowest BCUT2D eigenvalue weighted by Gasteiger charge is -2.02. The van der Waals surface area contributed by atoms with Crippen molar-refractivity contribution in [2.45, 2.75) is 26.2 Å². The van der Waals surface area contributed by atoms with Gasteiger partial charge in [-0.1, -0.05) is 13.3 Å². The predicted octanol–water partition coefficient (Wildman–Crippen LogP) is 1.78. The van der Waals surface area contributed by atoms with Crippen LogP contribution in [0.15, 0.2) is 0 Å². The van der Waals surface area contributed by atoms with E-state index in [9.17, 15) is 0 Å². The maximum Gasteiger partial charge on any atom is 0.0525 e. The Balaban J connectivity index is 2.17. The van der Waals surface area contributed by atoms with Crippen molar-refractivity contribution in [1.82, 2.24) is 0 Å². The molecule has 0 spiro atoms. The maximum atomic E-state index is 5.27. The van der Waals surface area contributed by atoms with Gasteiger partial charge in [0.05, 0.1) is 6.61 Å². The largest absolute Gasteiger partial charge is 0.381 e. The van der Waals surface area contributed by atoms with E-state index in [0.29, 0.717) is 0 Å². The van der Waals surface area contributed by atoms with Gasteiger partial charge in [0.25, 0.3) is 0 Å². The Morgan fingerprint density at radius 2 is 2.25 bits per heavy atom. The molecule has 0 aliphatic carbocycles. The molecule has 1 nitrogen and oxygen atoms in total. The van der Waals surface area contributed by atoms with Crippen molar-refractivity contribution in [3.05, 3.63) is 5.92 Å². The first-order valence-corrected chi connectivity index (χ1v) is 3.28. The van der Waals surface area contributed by atoms with Gasteiger partial charge in [0, 0.05) is 6.61 Å². The quantitative estimate of drug-likeness (QED) is 0.465. The minimum absolute atomic E-state index is 0.903. The second-order valence-electron chi connectivity index (χ2n) is 2.47. The van der Waals surface area contributed by atoms with E-state index in [0.717, 1.165) is 13.2 Å². The Morgan fingerprint density at radius 1 is 1.38 bits per heavy atom. The van der Waals surface area contributed by atoms with E-state index >= 15 is 0 Å². The molecule has 1 rings (SSSR count). The highest BCUT2D eigenvalue weighted by Crippen LogP contribution is 2.13. The average molecular weight is 113 g/mol. The monoisotopic (exact) mass is 113 g/mol. The molecular formula is C7H13O. The second kappa shape index (κ2) is 3.08. The lowest BCUT2D eigenvalue weighted by Crippen LogP contribution is -1.98. The van der Waals surface area contributed by atoms with E-state index in [1.165, 1.54) is 25.2 Å². The molecule has 47 valence electrons. The van der Waals surface area contributed by atoms with Gasteiger partial charge in [-0.25, -0.2) is 0 Å². The summed E-state index contributed by atoms with van der Waals surface area (Å²) in [4.78, 5) is 0. The maximum absolute atomic E-state index is 5.27. The van der Waals surface area contributed by atoms with E-state index in [4.69, 9.17) is 4.74 Å². The Kier molecular flexibility index (Phi) is 2.34. The van der Waals surface area contributed by atoms with Crippen LogP contribution >= 0.6 is 0 Å². The predicted molar refractivity (Wildman–Crippen MR) is 33.6 cm³/mol. The fourth-order valence-electron chi connectivity index (χ4n) is 0.949. The minimum Gasteiger partial charge on any atom is -0.381 e. The van der Waals surface area contributed by atoms with Gasteiger partial charge in [0.2, 0.25) is 0 Å². The Labute approximate surface area is 51.0 Å². The topological polar surface area (TPSA) is 9.23 Å². The first-order valence-electron chi connectivity index (χ1n) is 3.28. The van der Waals surface area contributed by atoms with E-state index in [2.05, 4.69) is 6.92 Å². The third kappa shape index (κ3) is 1.83. The number of hydrogen-bond acceptors (Lipinski definition) is 1. The molecule has 1 heteroatoms. The number of rotatable bonds is 0. The van der Waals surface area contributed by atoms with Crippen LogP contribution < -0.4 is 0 Å². The molecule has 1 heterocycles. The molecule has 0 unspecified atom stereocenters. The standard InChI is InChI=1S/C7H13O/c1-7-4-2-3-5-8-6-7/h2-6H2,1H3. The van der Waals surface area contributed by atoms with Crippen LogP contribution in [-0.4, -0.2) is 13.2 Å². The smallest absolute Gasteiger partial charge is 0.0525 e. The minimum atomic E-state index is 0.903. The van der Waals surface area contributed by atoms with Crippen molar-refractivity contribution in [1.29, 1.82) is 0 Å². The number of ether oxygens (including phenoxy) is 1. The molecule has 1 fully saturated rings. The van der Waals surface area contributed by atoms with Gasteiger partial charge < -0.3 is 4.74 Å². The first-order chi connectivity index (χ1) is 3.89. The van der Waals surface area contributed by atoms with Gasteiger partial charge >= 0.3 is 0 Å². The zero-order valence-corrected chi connectivity index (χ0v) is 5.44. The van der Waals surface area contributed by atoms with Crippen LogP contribution in [0.1, 0.15) is 26.2 Å². The molecule has 0 aromatic heterocycles. The fraction of sp³-hybridized carbons (Fsp3) is 0.857.